The van der Waals surface area contributed by atoms with Crippen molar-refractivity contribution in [1.29, 1.82) is 0 Å². The number of ether oxygens (including phenoxy) is 1. The molecule has 0 fully saturated rings. The van der Waals surface area contributed by atoms with E-state index in [-0.39, 0.29) is 5.75 Å². The lowest BCUT2D eigenvalue weighted by molar-refractivity contribution is 0.360. The second-order valence-electron chi connectivity index (χ2n) is 5.60. The van der Waals surface area contributed by atoms with Crippen molar-refractivity contribution < 1.29 is 9.84 Å². The smallest absolute Gasteiger partial charge is 0.162 e. The van der Waals surface area contributed by atoms with Gasteiger partial charge in [-0.25, -0.2) is 0 Å². The van der Waals surface area contributed by atoms with E-state index in [0.29, 0.717) is 22.7 Å². The monoisotopic (exact) mass is 271 g/mol. The van der Waals surface area contributed by atoms with Crippen LogP contribution in [0.3, 0.4) is 0 Å². The van der Waals surface area contributed by atoms with Crippen LogP contribution in [0.1, 0.15) is 32.8 Å². The number of hydrogen-bond donors (Lipinski definition) is 2. The number of methoxy groups -OCH3 is 1. The number of nitrogens with one attached hydrogen (secondary N) is 1. The summed E-state index contributed by atoms with van der Waals surface area (Å²) in [6, 6.07) is 3.36. The summed E-state index contributed by atoms with van der Waals surface area (Å²) in [5.74, 6) is 0.570. The molecule has 1 aromatic rings. The third-order valence-corrected chi connectivity index (χ3v) is 2.92. The van der Waals surface area contributed by atoms with Gasteiger partial charge in [-0.2, -0.15) is 0 Å². The second kappa shape index (κ2) is 6.30. The highest BCUT2D eigenvalue weighted by atomic mass is 35.5. The van der Waals surface area contributed by atoms with Gasteiger partial charge in [0.1, 0.15) is 0 Å². The Labute approximate surface area is 114 Å². The van der Waals surface area contributed by atoms with Crippen molar-refractivity contribution in [2.45, 2.75) is 33.7 Å². The molecule has 0 aliphatic heterocycles. The number of hydrogen-bond acceptors (Lipinski definition) is 3. The molecule has 0 amide bonds. The van der Waals surface area contributed by atoms with Gasteiger partial charge in [-0.05, 0) is 24.4 Å². The van der Waals surface area contributed by atoms with Crippen molar-refractivity contribution in [3.05, 3.63) is 22.7 Å². The van der Waals surface area contributed by atoms with Gasteiger partial charge in [0, 0.05) is 23.2 Å². The SMILES string of the molecule is COc1cc(Cl)cc(CNCCC(C)(C)C)c1O. The quantitative estimate of drug-likeness (QED) is 0.805. The van der Waals surface area contributed by atoms with Crippen molar-refractivity contribution in [1.82, 2.24) is 5.32 Å². The Bertz CT molecular complexity index is 400. The maximum atomic E-state index is 9.95. The predicted octanol–water partition coefficient (Wildman–Crippen LogP) is 3.58. The minimum absolute atomic E-state index is 0.158. The molecule has 0 radical (unpaired) electrons. The average molecular weight is 272 g/mol. The highest BCUT2D eigenvalue weighted by Crippen LogP contribution is 2.33. The third kappa shape index (κ3) is 4.75. The Hall–Kier alpha value is -0.930. The van der Waals surface area contributed by atoms with Crippen LogP contribution >= 0.6 is 11.6 Å². The molecule has 0 aliphatic carbocycles. The van der Waals surface area contributed by atoms with Crippen LogP contribution in [-0.2, 0) is 6.54 Å². The van der Waals surface area contributed by atoms with Crippen molar-refractivity contribution in [2.24, 2.45) is 5.41 Å². The summed E-state index contributed by atoms with van der Waals surface area (Å²) < 4.78 is 5.06. The topological polar surface area (TPSA) is 41.5 Å². The second-order valence-corrected chi connectivity index (χ2v) is 6.04. The van der Waals surface area contributed by atoms with Gasteiger partial charge in [0.25, 0.3) is 0 Å². The molecule has 102 valence electrons. The maximum absolute atomic E-state index is 9.95. The van der Waals surface area contributed by atoms with Gasteiger partial charge in [0.15, 0.2) is 11.5 Å². The van der Waals surface area contributed by atoms with Crippen LogP contribution in [0.2, 0.25) is 5.02 Å². The van der Waals surface area contributed by atoms with E-state index < -0.39 is 0 Å². The summed E-state index contributed by atoms with van der Waals surface area (Å²) in [5, 5.41) is 13.8. The normalized spacial score (nSPS) is 11.6. The Morgan fingerprint density at radius 2 is 2.00 bits per heavy atom. The van der Waals surface area contributed by atoms with Crippen LogP contribution in [0.4, 0.5) is 0 Å². The van der Waals surface area contributed by atoms with Crippen LogP contribution < -0.4 is 10.1 Å². The summed E-state index contributed by atoms with van der Waals surface area (Å²) in [7, 11) is 1.52. The van der Waals surface area contributed by atoms with Crippen LogP contribution in [0.5, 0.6) is 11.5 Å². The number of phenolic OH excluding ortho intramolecular Hbond substituents is 1. The molecule has 0 heterocycles. The summed E-state index contributed by atoms with van der Waals surface area (Å²) in [6.07, 6.45) is 1.07. The first-order valence-electron chi connectivity index (χ1n) is 6.09. The minimum Gasteiger partial charge on any atom is -0.504 e. The molecule has 0 saturated heterocycles. The van der Waals surface area contributed by atoms with E-state index in [9.17, 15) is 5.11 Å². The van der Waals surface area contributed by atoms with Crippen LogP contribution in [0.15, 0.2) is 12.1 Å². The molecule has 0 aliphatic rings. The molecule has 0 aromatic heterocycles. The van der Waals surface area contributed by atoms with E-state index in [1.807, 2.05) is 0 Å². The van der Waals surface area contributed by atoms with Crippen LogP contribution in [-0.4, -0.2) is 18.8 Å². The maximum Gasteiger partial charge on any atom is 0.162 e. The lowest BCUT2D eigenvalue weighted by Crippen LogP contribution is -2.20. The fraction of sp³-hybridized carbons (Fsp3) is 0.571. The van der Waals surface area contributed by atoms with Gasteiger partial charge < -0.3 is 15.2 Å². The van der Waals surface area contributed by atoms with E-state index in [1.54, 1.807) is 12.1 Å². The first-order chi connectivity index (χ1) is 8.33. The molecule has 0 atom stereocenters. The number of phenols is 1. The molecule has 3 nitrogen and oxygen atoms in total. The standard InChI is InChI=1S/C14H22ClNO2/c1-14(2,3)5-6-16-9-10-7-11(15)8-12(18-4)13(10)17/h7-8,16-17H,5-6,9H2,1-4H3. The van der Waals surface area contributed by atoms with Gasteiger partial charge in [-0.1, -0.05) is 32.4 Å². The van der Waals surface area contributed by atoms with Crippen LogP contribution in [0, 0.1) is 5.41 Å². The van der Waals surface area contributed by atoms with Gasteiger partial charge >= 0.3 is 0 Å². The highest BCUT2D eigenvalue weighted by molar-refractivity contribution is 6.30. The Kier molecular flexibility index (Phi) is 5.29. The molecule has 4 heteroatoms. The van der Waals surface area contributed by atoms with E-state index >= 15 is 0 Å². The van der Waals surface area contributed by atoms with Crippen LogP contribution in [0.25, 0.3) is 0 Å². The average Bonchev–Trinajstić information content (AvgIpc) is 2.27. The first-order valence-corrected chi connectivity index (χ1v) is 6.47. The zero-order chi connectivity index (χ0) is 13.8. The number of halogens is 1. The van der Waals surface area contributed by atoms with Crippen molar-refractivity contribution in [3.8, 4) is 11.5 Å². The van der Waals surface area contributed by atoms with Gasteiger partial charge in [0.2, 0.25) is 0 Å². The Balaban J connectivity index is 2.59. The molecule has 0 spiro atoms. The van der Waals surface area contributed by atoms with Gasteiger partial charge in [0.05, 0.1) is 7.11 Å². The Morgan fingerprint density at radius 1 is 1.33 bits per heavy atom. The zero-order valence-corrected chi connectivity index (χ0v) is 12.3. The molecule has 0 saturated carbocycles. The lowest BCUT2D eigenvalue weighted by atomic mass is 9.92. The van der Waals surface area contributed by atoms with Gasteiger partial charge in [-0.15, -0.1) is 0 Å². The fourth-order valence-electron chi connectivity index (χ4n) is 1.61. The van der Waals surface area contributed by atoms with Crippen molar-refractivity contribution >= 4 is 11.6 Å². The summed E-state index contributed by atoms with van der Waals surface area (Å²) in [5.41, 5.74) is 1.06. The predicted molar refractivity (Wildman–Crippen MR) is 75.4 cm³/mol. The zero-order valence-electron chi connectivity index (χ0n) is 11.5. The lowest BCUT2D eigenvalue weighted by Gasteiger charge is -2.18. The molecule has 18 heavy (non-hydrogen) atoms. The molecule has 1 rings (SSSR count). The fourth-order valence-corrected chi connectivity index (χ4v) is 1.84. The molecule has 0 unspecified atom stereocenters. The molecular weight excluding hydrogens is 250 g/mol. The summed E-state index contributed by atoms with van der Waals surface area (Å²) >= 11 is 5.97. The van der Waals surface area contributed by atoms with Crippen molar-refractivity contribution in [3.63, 3.8) is 0 Å². The molecular formula is C14H22ClNO2. The van der Waals surface area contributed by atoms with E-state index in [2.05, 4.69) is 26.1 Å². The first kappa shape index (κ1) is 15.1. The van der Waals surface area contributed by atoms with Crippen molar-refractivity contribution in [2.75, 3.05) is 13.7 Å². The molecule has 2 N–H and O–H groups in total. The van der Waals surface area contributed by atoms with E-state index in [4.69, 9.17) is 16.3 Å². The third-order valence-electron chi connectivity index (χ3n) is 2.71. The number of rotatable bonds is 5. The van der Waals surface area contributed by atoms with E-state index in [0.717, 1.165) is 18.5 Å². The number of benzene rings is 1. The summed E-state index contributed by atoms with van der Waals surface area (Å²) in [6.45, 7) is 8.09. The minimum atomic E-state index is 0.158. The largest absolute Gasteiger partial charge is 0.504 e. The molecule has 1 aromatic carbocycles. The summed E-state index contributed by atoms with van der Waals surface area (Å²) in [4.78, 5) is 0. The Morgan fingerprint density at radius 3 is 2.56 bits per heavy atom. The number of aromatic hydroxyl groups is 1. The van der Waals surface area contributed by atoms with E-state index in [1.165, 1.54) is 7.11 Å². The highest BCUT2D eigenvalue weighted by Gasteiger charge is 2.11. The van der Waals surface area contributed by atoms with Gasteiger partial charge in [-0.3, -0.25) is 0 Å². The molecule has 0 bridgehead atoms.